The highest BCUT2D eigenvalue weighted by atomic mass is 35.5. The monoisotopic (exact) mass is 327 g/mol. The zero-order chi connectivity index (χ0) is 15.6. The number of carboxylic acids is 1. The molecule has 0 aliphatic carbocycles. The molecule has 2 aromatic heterocycles. The predicted octanol–water partition coefficient (Wildman–Crippen LogP) is 2.71. The predicted molar refractivity (Wildman–Crippen MR) is 80.0 cm³/mol. The zero-order valence-electron chi connectivity index (χ0n) is 11.5. The van der Waals surface area contributed by atoms with E-state index in [2.05, 4.69) is 10.4 Å². The van der Waals surface area contributed by atoms with Gasteiger partial charge in [-0.1, -0.05) is 18.5 Å². The molecule has 0 aliphatic rings. The molecule has 2 rings (SSSR count). The Kier molecular flexibility index (Phi) is 4.64. The van der Waals surface area contributed by atoms with E-state index < -0.39 is 5.97 Å². The van der Waals surface area contributed by atoms with Crippen molar-refractivity contribution >= 4 is 34.8 Å². The van der Waals surface area contributed by atoms with Gasteiger partial charge >= 0.3 is 5.97 Å². The van der Waals surface area contributed by atoms with Crippen LogP contribution in [0.1, 0.15) is 45.2 Å². The van der Waals surface area contributed by atoms with Gasteiger partial charge in [0.05, 0.1) is 10.4 Å². The van der Waals surface area contributed by atoms with Crippen molar-refractivity contribution in [2.45, 2.75) is 19.4 Å². The standard InChI is InChI=1S/C13H14ClN3O3S/c1-3-7(10-4-5-11(14)21-10)15-12(18)9-6-8(13(19)20)16-17(9)2/h4-7H,3H2,1-2H3,(H,15,18)(H,19,20). The lowest BCUT2D eigenvalue weighted by Crippen LogP contribution is -2.29. The van der Waals surface area contributed by atoms with E-state index in [0.29, 0.717) is 10.8 Å². The molecule has 0 fully saturated rings. The number of nitrogens with zero attached hydrogens (tertiary/aromatic N) is 2. The number of aryl methyl sites for hydroxylation is 1. The first-order valence-electron chi connectivity index (χ1n) is 6.25. The maximum absolute atomic E-state index is 12.3. The van der Waals surface area contributed by atoms with E-state index in [1.54, 1.807) is 6.07 Å². The fraction of sp³-hybridized carbons (Fsp3) is 0.308. The van der Waals surface area contributed by atoms with Crippen LogP contribution in [0.25, 0.3) is 0 Å². The second kappa shape index (κ2) is 6.28. The summed E-state index contributed by atoms with van der Waals surface area (Å²) in [6.45, 7) is 1.95. The van der Waals surface area contributed by atoms with E-state index in [4.69, 9.17) is 16.7 Å². The molecule has 2 heterocycles. The van der Waals surface area contributed by atoms with Gasteiger partial charge < -0.3 is 10.4 Å². The first-order chi connectivity index (χ1) is 9.92. The Hall–Kier alpha value is -1.86. The van der Waals surface area contributed by atoms with Crippen molar-refractivity contribution in [2.75, 3.05) is 0 Å². The van der Waals surface area contributed by atoms with Gasteiger partial charge in [-0.15, -0.1) is 11.3 Å². The number of aromatic nitrogens is 2. The van der Waals surface area contributed by atoms with Crippen LogP contribution in [0.4, 0.5) is 0 Å². The van der Waals surface area contributed by atoms with Crippen LogP contribution >= 0.6 is 22.9 Å². The second-order valence-corrected chi connectivity index (χ2v) is 6.17. The lowest BCUT2D eigenvalue weighted by molar-refractivity contribution is 0.0689. The van der Waals surface area contributed by atoms with Crippen LogP contribution in [-0.2, 0) is 7.05 Å². The fourth-order valence-corrected chi connectivity index (χ4v) is 3.10. The number of carbonyl (C=O) groups excluding carboxylic acids is 1. The van der Waals surface area contributed by atoms with Crippen LogP contribution in [0, 0.1) is 0 Å². The summed E-state index contributed by atoms with van der Waals surface area (Å²) in [6.07, 6.45) is 0.701. The van der Waals surface area contributed by atoms with Crippen molar-refractivity contribution in [1.29, 1.82) is 0 Å². The largest absolute Gasteiger partial charge is 0.476 e. The number of halogens is 1. The Bertz CT molecular complexity index is 680. The van der Waals surface area contributed by atoms with Crippen LogP contribution in [0.3, 0.4) is 0 Å². The van der Waals surface area contributed by atoms with Crippen molar-refractivity contribution < 1.29 is 14.7 Å². The highest BCUT2D eigenvalue weighted by Crippen LogP contribution is 2.28. The van der Waals surface area contributed by atoms with E-state index in [-0.39, 0.29) is 23.3 Å². The molecule has 0 saturated heterocycles. The number of hydrogen-bond donors (Lipinski definition) is 2. The van der Waals surface area contributed by atoms with Crippen molar-refractivity contribution in [3.05, 3.63) is 38.8 Å². The lowest BCUT2D eigenvalue weighted by atomic mass is 10.2. The van der Waals surface area contributed by atoms with Crippen LogP contribution < -0.4 is 5.32 Å². The Morgan fingerprint density at radius 1 is 1.52 bits per heavy atom. The molecule has 1 atom stereocenters. The minimum Gasteiger partial charge on any atom is -0.476 e. The quantitative estimate of drug-likeness (QED) is 0.884. The summed E-state index contributed by atoms with van der Waals surface area (Å²) in [6, 6.07) is 4.74. The molecule has 2 aromatic rings. The number of thiophene rings is 1. The van der Waals surface area contributed by atoms with Gasteiger partial charge in [0, 0.05) is 18.0 Å². The Labute approximate surface area is 130 Å². The SMILES string of the molecule is CCC(NC(=O)c1cc(C(=O)O)nn1C)c1ccc(Cl)s1. The van der Waals surface area contributed by atoms with E-state index in [9.17, 15) is 9.59 Å². The van der Waals surface area contributed by atoms with Gasteiger partial charge in [-0.2, -0.15) is 5.10 Å². The maximum atomic E-state index is 12.3. The highest BCUT2D eigenvalue weighted by Gasteiger charge is 2.20. The summed E-state index contributed by atoms with van der Waals surface area (Å²) in [4.78, 5) is 24.1. The molecule has 1 amide bonds. The Balaban J connectivity index is 2.18. The van der Waals surface area contributed by atoms with E-state index in [1.807, 2.05) is 13.0 Å². The van der Waals surface area contributed by atoms with Gasteiger partial charge in [0.1, 0.15) is 5.69 Å². The molecule has 0 aromatic carbocycles. The number of carbonyl (C=O) groups is 2. The highest BCUT2D eigenvalue weighted by molar-refractivity contribution is 7.16. The number of amides is 1. The molecular formula is C13H14ClN3O3S. The van der Waals surface area contributed by atoms with Crippen LogP contribution in [0.15, 0.2) is 18.2 Å². The first-order valence-corrected chi connectivity index (χ1v) is 7.45. The molecular weight excluding hydrogens is 314 g/mol. The summed E-state index contributed by atoms with van der Waals surface area (Å²) < 4.78 is 1.92. The third kappa shape index (κ3) is 3.43. The fourth-order valence-electron chi connectivity index (χ4n) is 1.91. The smallest absolute Gasteiger partial charge is 0.356 e. The molecule has 0 radical (unpaired) electrons. The third-order valence-corrected chi connectivity index (χ3v) is 4.33. The van der Waals surface area contributed by atoms with E-state index in [0.717, 1.165) is 4.88 Å². The van der Waals surface area contributed by atoms with Gasteiger partial charge in [-0.05, 0) is 18.6 Å². The van der Waals surface area contributed by atoms with Gasteiger partial charge in [0.15, 0.2) is 5.69 Å². The van der Waals surface area contributed by atoms with Gasteiger partial charge in [0.25, 0.3) is 5.91 Å². The molecule has 1 unspecified atom stereocenters. The molecule has 0 bridgehead atoms. The van der Waals surface area contributed by atoms with Gasteiger partial charge in [-0.3, -0.25) is 9.48 Å². The first kappa shape index (κ1) is 15.5. The summed E-state index contributed by atoms with van der Waals surface area (Å²) in [5.74, 6) is -1.53. The molecule has 0 saturated carbocycles. The summed E-state index contributed by atoms with van der Waals surface area (Å²) in [5.41, 5.74) is 0.0448. The van der Waals surface area contributed by atoms with Crippen molar-refractivity contribution in [3.63, 3.8) is 0 Å². The molecule has 0 spiro atoms. The third-order valence-electron chi connectivity index (χ3n) is 2.98. The zero-order valence-corrected chi connectivity index (χ0v) is 13.0. The summed E-state index contributed by atoms with van der Waals surface area (Å²) >= 11 is 7.31. The van der Waals surface area contributed by atoms with Crippen LogP contribution in [0.5, 0.6) is 0 Å². The van der Waals surface area contributed by atoms with Crippen molar-refractivity contribution in [2.24, 2.45) is 7.05 Å². The van der Waals surface area contributed by atoms with Gasteiger partial charge in [-0.25, -0.2) is 4.79 Å². The van der Waals surface area contributed by atoms with Crippen LogP contribution in [0.2, 0.25) is 4.34 Å². The van der Waals surface area contributed by atoms with Gasteiger partial charge in [0.2, 0.25) is 0 Å². The van der Waals surface area contributed by atoms with Crippen molar-refractivity contribution in [3.8, 4) is 0 Å². The molecule has 6 nitrogen and oxygen atoms in total. The lowest BCUT2D eigenvalue weighted by Gasteiger charge is -2.15. The van der Waals surface area contributed by atoms with Crippen molar-refractivity contribution in [1.82, 2.24) is 15.1 Å². The minimum absolute atomic E-state index is 0.158. The molecule has 0 aliphatic heterocycles. The number of carboxylic acid groups (broad SMARTS) is 1. The summed E-state index contributed by atoms with van der Waals surface area (Å²) in [5, 5.41) is 15.5. The number of nitrogens with one attached hydrogen (secondary N) is 1. The number of hydrogen-bond acceptors (Lipinski definition) is 4. The Morgan fingerprint density at radius 2 is 2.24 bits per heavy atom. The average molecular weight is 328 g/mol. The normalized spacial score (nSPS) is 12.1. The van der Waals surface area contributed by atoms with E-state index in [1.165, 1.54) is 29.1 Å². The molecule has 8 heteroatoms. The molecule has 112 valence electrons. The van der Waals surface area contributed by atoms with Crippen LogP contribution in [-0.4, -0.2) is 26.8 Å². The molecule has 2 N–H and O–H groups in total. The topological polar surface area (TPSA) is 84.2 Å². The number of rotatable bonds is 5. The maximum Gasteiger partial charge on any atom is 0.356 e. The van der Waals surface area contributed by atoms with E-state index >= 15 is 0 Å². The minimum atomic E-state index is -1.17. The summed E-state index contributed by atoms with van der Waals surface area (Å²) in [7, 11) is 1.53. The molecule has 21 heavy (non-hydrogen) atoms. The average Bonchev–Trinajstić information content (AvgIpc) is 3.02. The Morgan fingerprint density at radius 3 is 2.71 bits per heavy atom. The second-order valence-electron chi connectivity index (χ2n) is 4.42. The number of aromatic carboxylic acids is 1.